The molecule has 1 N–H and O–H groups in total. The zero-order valence-electron chi connectivity index (χ0n) is 22.6. The minimum Gasteiger partial charge on any atom is -0.504 e. The molecular formula is C30H38NO6+. The van der Waals surface area contributed by atoms with Gasteiger partial charge in [0.2, 0.25) is 17.0 Å². The summed E-state index contributed by atoms with van der Waals surface area (Å²) in [4.78, 5) is 0. The molecule has 0 spiro atoms. The summed E-state index contributed by atoms with van der Waals surface area (Å²) in [6.07, 6.45) is 7.29. The van der Waals surface area contributed by atoms with Crippen LogP contribution in [0.3, 0.4) is 0 Å². The Labute approximate surface area is 218 Å². The molecule has 0 radical (unpaired) electrons. The fourth-order valence-electron chi connectivity index (χ4n) is 4.39. The molecule has 0 unspecified atom stereocenters. The van der Waals surface area contributed by atoms with Gasteiger partial charge in [0, 0.05) is 17.5 Å². The van der Waals surface area contributed by atoms with Gasteiger partial charge in [0.25, 0.3) is 0 Å². The number of fused-ring (bicyclic) bond motifs is 4. The first kappa shape index (κ1) is 26.5. The highest BCUT2D eigenvalue weighted by Crippen LogP contribution is 2.52. The molecule has 0 amide bonds. The molecule has 0 aliphatic carbocycles. The Morgan fingerprint density at radius 1 is 0.703 bits per heavy atom. The number of nitrogens with zero attached hydrogens (tertiary/aromatic N) is 1. The number of phenolic OH excluding ortho intramolecular Hbond substituents is 1. The molecule has 2 heterocycles. The number of hydrogen-bond acceptors (Lipinski definition) is 6. The topological polar surface area (TPSA) is 70.5 Å². The molecule has 0 fully saturated rings. The molecule has 2 aromatic carbocycles. The molecule has 0 saturated carbocycles. The van der Waals surface area contributed by atoms with Crippen LogP contribution in [0.2, 0.25) is 0 Å². The highest BCUT2D eigenvalue weighted by molar-refractivity contribution is 6.07. The smallest absolute Gasteiger partial charge is 0.223 e. The second-order valence-electron chi connectivity index (χ2n) is 9.00. The van der Waals surface area contributed by atoms with Crippen molar-refractivity contribution in [3.8, 4) is 34.5 Å². The van der Waals surface area contributed by atoms with Gasteiger partial charge < -0.3 is 28.8 Å². The maximum absolute atomic E-state index is 10.8. The van der Waals surface area contributed by atoms with Crippen LogP contribution < -0.4 is 28.1 Å². The monoisotopic (exact) mass is 508 g/mol. The van der Waals surface area contributed by atoms with Gasteiger partial charge in [-0.3, -0.25) is 0 Å². The predicted molar refractivity (Wildman–Crippen MR) is 146 cm³/mol. The maximum Gasteiger partial charge on any atom is 0.223 e. The quantitative estimate of drug-likeness (QED) is 0.125. The third-order valence-corrected chi connectivity index (χ3v) is 6.09. The second-order valence-corrected chi connectivity index (χ2v) is 9.00. The largest absolute Gasteiger partial charge is 0.504 e. The average molecular weight is 509 g/mol. The van der Waals surface area contributed by atoms with Gasteiger partial charge in [-0.15, -0.1) is 0 Å². The summed E-state index contributed by atoms with van der Waals surface area (Å²) in [7, 11) is 1.55. The average Bonchev–Trinajstić information content (AvgIpc) is 2.92. The lowest BCUT2D eigenvalue weighted by molar-refractivity contribution is -0.509. The number of aromatic hydroxyl groups is 1. The summed E-state index contributed by atoms with van der Waals surface area (Å²) >= 11 is 0. The lowest BCUT2D eigenvalue weighted by Crippen LogP contribution is -2.21. The SMILES string of the molecule is CCCOc1c(OCCC)c(OCCC)c2c(cc[n+]3cc4c(O)c(OC)ccc4cc23)c1OCCC. The zero-order valence-corrected chi connectivity index (χ0v) is 22.6. The van der Waals surface area contributed by atoms with E-state index in [9.17, 15) is 5.11 Å². The van der Waals surface area contributed by atoms with Gasteiger partial charge in [-0.2, -0.15) is 4.40 Å². The van der Waals surface area contributed by atoms with Crippen LogP contribution in [0.15, 0.2) is 36.7 Å². The molecule has 37 heavy (non-hydrogen) atoms. The molecule has 4 aromatic rings. The highest BCUT2D eigenvalue weighted by Gasteiger charge is 2.29. The highest BCUT2D eigenvalue weighted by atomic mass is 16.6. The minimum atomic E-state index is 0.110. The minimum absolute atomic E-state index is 0.110. The second kappa shape index (κ2) is 12.1. The van der Waals surface area contributed by atoms with E-state index in [4.69, 9.17) is 23.7 Å². The molecule has 7 nitrogen and oxygen atoms in total. The van der Waals surface area contributed by atoms with E-state index in [2.05, 4.69) is 33.8 Å². The van der Waals surface area contributed by atoms with Gasteiger partial charge in [0.1, 0.15) is 5.39 Å². The Kier molecular flexibility index (Phi) is 8.64. The van der Waals surface area contributed by atoms with Crippen LogP contribution in [-0.4, -0.2) is 38.6 Å². The van der Waals surface area contributed by atoms with Gasteiger partial charge in [-0.25, -0.2) is 0 Å². The van der Waals surface area contributed by atoms with Crippen molar-refractivity contribution < 1.29 is 33.2 Å². The summed E-state index contributed by atoms with van der Waals surface area (Å²) in [6.45, 7) is 10.5. The van der Waals surface area contributed by atoms with Gasteiger partial charge in [0.15, 0.2) is 35.4 Å². The number of ether oxygens (including phenoxy) is 5. The fourth-order valence-corrected chi connectivity index (χ4v) is 4.39. The van der Waals surface area contributed by atoms with Crippen LogP contribution in [0.5, 0.6) is 34.5 Å². The van der Waals surface area contributed by atoms with Crippen molar-refractivity contribution in [1.29, 1.82) is 0 Å². The third-order valence-electron chi connectivity index (χ3n) is 6.09. The predicted octanol–water partition coefficient (Wildman–Crippen LogP) is 6.60. The standard InChI is InChI=1S/C30H37NO6/c1-6-14-34-27-21-12-13-31-19-22-20(10-11-24(33-5)26(22)32)18-23(31)25(21)28(35-15-7-2)30(37-17-9-4)29(27)36-16-8-3/h10-13,18-19H,6-9,14-17H2,1-5H3/p+1. The number of rotatable bonds is 13. The molecule has 0 aliphatic rings. The van der Waals surface area contributed by atoms with Crippen molar-refractivity contribution in [2.45, 2.75) is 53.4 Å². The summed E-state index contributed by atoms with van der Waals surface area (Å²) < 4.78 is 32.7. The normalized spacial score (nSPS) is 11.3. The van der Waals surface area contributed by atoms with Crippen molar-refractivity contribution >= 4 is 27.1 Å². The number of phenols is 1. The Balaban J connectivity index is 2.13. The fraction of sp³-hybridized carbons (Fsp3) is 0.433. The Morgan fingerprint density at radius 3 is 1.86 bits per heavy atom. The van der Waals surface area contributed by atoms with E-state index >= 15 is 0 Å². The number of hydrogen-bond donors (Lipinski definition) is 1. The summed E-state index contributed by atoms with van der Waals surface area (Å²) in [5.74, 6) is 3.03. The van der Waals surface area contributed by atoms with Gasteiger partial charge in [0.05, 0.1) is 38.9 Å². The molecule has 198 valence electrons. The van der Waals surface area contributed by atoms with Crippen LogP contribution in [0, 0.1) is 0 Å². The van der Waals surface area contributed by atoms with E-state index < -0.39 is 0 Å². The molecule has 2 aromatic heterocycles. The Bertz CT molecular complexity index is 1380. The van der Waals surface area contributed by atoms with Crippen LogP contribution >= 0.6 is 0 Å². The Morgan fingerprint density at radius 2 is 1.27 bits per heavy atom. The molecule has 0 bridgehead atoms. The van der Waals surface area contributed by atoms with Crippen molar-refractivity contribution in [2.24, 2.45) is 0 Å². The van der Waals surface area contributed by atoms with E-state index in [0.29, 0.717) is 60.6 Å². The first-order valence-electron chi connectivity index (χ1n) is 13.3. The van der Waals surface area contributed by atoms with E-state index in [1.54, 1.807) is 13.2 Å². The van der Waals surface area contributed by atoms with E-state index in [0.717, 1.165) is 47.4 Å². The van der Waals surface area contributed by atoms with Gasteiger partial charge in [-0.05, 0) is 43.2 Å². The van der Waals surface area contributed by atoms with Crippen LogP contribution in [-0.2, 0) is 0 Å². The third kappa shape index (κ3) is 5.13. The van der Waals surface area contributed by atoms with Gasteiger partial charge >= 0.3 is 0 Å². The van der Waals surface area contributed by atoms with E-state index in [1.807, 2.05) is 28.9 Å². The Hall–Kier alpha value is -3.61. The van der Waals surface area contributed by atoms with E-state index in [-0.39, 0.29) is 5.75 Å². The number of methoxy groups -OCH3 is 1. The van der Waals surface area contributed by atoms with Crippen LogP contribution in [0.1, 0.15) is 53.4 Å². The van der Waals surface area contributed by atoms with Crippen molar-refractivity contribution in [3.05, 3.63) is 36.7 Å². The molecule has 0 atom stereocenters. The maximum atomic E-state index is 10.8. The zero-order chi connectivity index (χ0) is 26.4. The van der Waals surface area contributed by atoms with Crippen LogP contribution in [0.25, 0.3) is 27.1 Å². The summed E-state index contributed by atoms with van der Waals surface area (Å²) in [5, 5.41) is 14.1. The summed E-state index contributed by atoms with van der Waals surface area (Å²) in [5.41, 5.74) is 0.908. The van der Waals surface area contributed by atoms with Crippen molar-refractivity contribution in [3.63, 3.8) is 0 Å². The van der Waals surface area contributed by atoms with Crippen molar-refractivity contribution in [2.75, 3.05) is 33.5 Å². The number of pyridine rings is 2. The first-order chi connectivity index (χ1) is 18.1. The van der Waals surface area contributed by atoms with E-state index in [1.165, 1.54) is 0 Å². The molecule has 7 heteroatoms. The number of aromatic nitrogens is 1. The summed E-state index contributed by atoms with van der Waals surface area (Å²) in [6, 6.07) is 7.78. The molecule has 4 rings (SSSR count). The number of benzene rings is 2. The first-order valence-corrected chi connectivity index (χ1v) is 13.3. The lowest BCUT2D eigenvalue weighted by Gasteiger charge is -2.22. The molecule has 0 saturated heterocycles. The van der Waals surface area contributed by atoms with Crippen LogP contribution in [0.4, 0.5) is 0 Å². The van der Waals surface area contributed by atoms with Gasteiger partial charge in [-0.1, -0.05) is 27.7 Å². The lowest BCUT2D eigenvalue weighted by atomic mass is 10.0. The van der Waals surface area contributed by atoms with Crippen molar-refractivity contribution in [1.82, 2.24) is 0 Å². The molecule has 0 aliphatic heterocycles. The molecular weight excluding hydrogens is 470 g/mol.